The van der Waals surface area contributed by atoms with Crippen molar-refractivity contribution >= 4 is 146 Å². The van der Waals surface area contributed by atoms with Gasteiger partial charge in [0, 0.05) is 17.9 Å². The van der Waals surface area contributed by atoms with Crippen LogP contribution in [0.5, 0.6) is 0 Å². The summed E-state index contributed by atoms with van der Waals surface area (Å²) in [6.45, 7) is 31.1. The maximum Gasteiger partial charge on any atom is 0.329 e. The van der Waals surface area contributed by atoms with Crippen molar-refractivity contribution < 1.29 is 147 Å². The number of aliphatic hydroxyl groups excluding tert-OH is 7. The third-order valence-corrected chi connectivity index (χ3v) is 24.9. The molecule has 0 aliphatic carbocycles. The van der Waals surface area contributed by atoms with Crippen LogP contribution in [0.4, 0.5) is 0 Å². The molecule has 862 valence electrons. The fourth-order valence-electron chi connectivity index (χ4n) is 11.9. The molecule has 17 atom stereocenters. The summed E-state index contributed by atoms with van der Waals surface area (Å²) in [6, 6.07) is -5.33. The number of hydrogen-bond acceptors (Lipinski definition) is 31. The van der Waals surface area contributed by atoms with Crippen LogP contribution >= 0.6 is 56.9 Å². The molecular formula is C107H189N7O30S5. The molecule has 37 nitrogen and oxygen atoms in total. The summed E-state index contributed by atoms with van der Waals surface area (Å²) < 4.78 is 19.2. The van der Waals surface area contributed by atoms with Gasteiger partial charge in [0.1, 0.15) is 47.9 Å². The van der Waals surface area contributed by atoms with Gasteiger partial charge in [-0.3, -0.25) is 43.2 Å². The molecule has 7 amide bonds. The van der Waals surface area contributed by atoms with Crippen LogP contribution in [0.15, 0.2) is 97.2 Å². The first-order valence-electron chi connectivity index (χ1n) is 51.7. The Morgan fingerprint density at radius 2 is 0.779 bits per heavy atom. The quantitative estimate of drug-likeness (QED) is 0.0116. The standard InChI is InChI=1S/C17H28N2O4S3.C15H27NO4.C14H25NO4S.2C14H25NO4.C13H23NO4S.C12H22O3.C8H14O3/c1-12-6-4-5-8-25-26-11-14(17(22)23-2)19-16(21)13(7-9-24-3)18-15(20)10-12;1-5-7-8-9-12(17)10-13(18)16-14(11(3)6-2)15(19)20-4;1-4-5-6-7-11(16)10-13(17)15-12(8-9-20-3)14(18)19-2;1-4-6-7-8-11(16)9-12(17)15-13(14(18)19)10(3)5-2;1-3-5-7-8-11(16)10-13(17)15-12(14(18)19)9-6-4-2;1-3-4-5-6-10(15)9-12(16)14-11(13(17)18)7-8-19-2;1-5-6-7-8-10(13)9-11(14)15-12(2,3)4;1-2-3-4-5-7(9)6-8(10)11/h4,6,12-14H,5,7-11H2,1-3H3,(H,18,20)(H,19,21);8-9,11-12,14,17H,5-7,10H2,1-4H3,(H,16,18);6-7,11-12,16H,4-5,8-10H2,1-3H3,(H,15,17);7-8,10-11,13,16H,4-6,9H2,1-3H3,(H,15,17)(H,18,19);7-8,11-12,16H,3-6,9-10H2,1-2H3,(H,15,17)(H,18,19);5-6,10-11,15H,3-4,7-9H2,1-2H3,(H,14,16)(H,17,18);7-8,10,13H,5-6,9H2,1-4H3;4-5,7,9H,2-3,6H2,1H3,(H,10,11)/b6-4+;9-8+;7-6+;2*8-7+;6-5+;8-7+;5-4+/t12?,13-,14-;;11?,12-;;11?,12-;10?,11-;;/m1.0.00../s1. The fraction of sp³-hybridized carbons (Fsp3) is 0.710. The monoisotopic (exact) mass is 2210 g/mol. The van der Waals surface area contributed by atoms with Gasteiger partial charge in [-0.05, 0) is 152 Å². The Hall–Kier alpha value is -8.56. The molecule has 12 unspecified atom stereocenters. The Morgan fingerprint density at radius 1 is 0.436 bits per heavy atom. The van der Waals surface area contributed by atoms with Crippen LogP contribution < -0.4 is 37.2 Å². The fourth-order valence-corrected chi connectivity index (χ4v) is 15.5. The number of thioether (sulfide) groups is 3. The predicted octanol–water partition coefficient (Wildman–Crippen LogP) is 14.1. The van der Waals surface area contributed by atoms with E-state index in [-0.39, 0.29) is 92.3 Å². The smallest absolute Gasteiger partial charge is 0.329 e. The SMILES string of the molecule is CCC/C=C/C(O)CC(=O)NC(C(=O)O)C(C)CC.CCC/C=C/C(O)CC(=O)NC(C(=O)OC)C(C)CC.CCC/C=C/C(O)CC(=O)N[C@@H](CCCC)C(=O)O.CCC/C=C/C(O)CC(=O)N[C@@H](CCSC)C(=O)O.CCC/C=C/C(O)CC(=O)N[C@@H](CCSC)C(=O)OC.CCC/C=C/C(O)CC(=O)O.CCC/C=C/C(O)CC(=O)OC(C)(C)C.COC(=O)[C@H]1CSSCC/C=C/C(C)CC(=O)N[C@H](CCSC)C(=O)N1. The Labute approximate surface area is 908 Å². The number of carboxylic acids is 4. The number of nitrogens with one attached hydrogen (secondary N) is 7. The van der Waals surface area contributed by atoms with E-state index < -0.39 is 150 Å². The van der Waals surface area contributed by atoms with Crippen molar-refractivity contribution in [3.63, 3.8) is 0 Å². The predicted molar refractivity (Wildman–Crippen MR) is 599 cm³/mol. The number of unbranched alkanes of at least 4 members (excludes halogenated alkanes) is 8. The lowest BCUT2D eigenvalue weighted by molar-refractivity contribution is -0.156. The van der Waals surface area contributed by atoms with Crippen molar-refractivity contribution in [1.29, 1.82) is 0 Å². The van der Waals surface area contributed by atoms with Crippen molar-refractivity contribution in [3.05, 3.63) is 97.2 Å². The molecule has 0 aromatic rings. The van der Waals surface area contributed by atoms with Gasteiger partial charge in [-0.15, -0.1) is 0 Å². The maximum absolute atomic E-state index is 12.6. The first kappa shape index (κ1) is 153. The van der Waals surface area contributed by atoms with Gasteiger partial charge in [-0.25, -0.2) is 28.8 Å². The molecule has 1 heterocycles. The van der Waals surface area contributed by atoms with Crippen LogP contribution in [0, 0.1) is 17.8 Å². The van der Waals surface area contributed by atoms with Crippen molar-refractivity contribution in [2.24, 2.45) is 17.8 Å². The Morgan fingerprint density at radius 3 is 1.11 bits per heavy atom. The molecule has 1 rings (SSSR count). The Bertz CT molecular complexity index is 3790. The van der Waals surface area contributed by atoms with Crippen LogP contribution in [0.1, 0.15) is 310 Å². The van der Waals surface area contributed by atoms with E-state index in [2.05, 4.69) is 55.0 Å². The summed E-state index contributed by atoms with van der Waals surface area (Å²) in [5.41, 5.74) is -0.482. The van der Waals surface area contributed by atoms with Crippen LogP contribution in [0.25, 0.3) is 0 Å². The highest BCUT2D eigenvalue weighted by molar-refractivity contribution is 8.76. The van der Waals surface area contributed by atoms with E-state index in [1.165, 1.54) is 50.0 Å². The van der Waals surface area contributed by atoms with E-state index in [1.54, 1.807) is 83.8 Å². The molecule has 0 aromatic heterocycles. The molecule has 18 N–H and O–H groups in total. The van der Waals surface area contributed by atoms with Crippen LogP contribution in [0.2, 0.25) is 0 Å². The minimum Gasteiger partial charge on any atom is -0.481 e. The number of amides is 7. The highest BCUT2D eigenvalue weighted by Gasteiger charge is 2.32. The van der Waals surface area contributed by atoms with Gasteiger partial charge < -0.3 is 112 Å². The van der Waals surface area contributed by atoms with Crippen LogP contribution in [0.3, 0.4) is 0 Å². The number of methoxy groups -OCH3 is 3. The molecule has 0 saturated carbocycles. The van der Waals surface area contributed by atoms with Crippen LogP contribution in [-0.4, -0.2) is 305 Å². The lowest BCUT2D eigenvalue weighted by Crippen LogP contribution is -2.52. The average Bonchev–Trinajstić information content (AvgIpc) is 1.80. The van der Waals surface area contributed by atoms with E-state index in [0.29, 0.717) is 50.0 Å². The second-order valence-corrected chi connectivity index (χ2v) is 41.5. The van der Waals surface area contributed by atoms with E-state index >= 15 is 0 Å². The van der Waals surface area contributed by atoms with Gasteiger partial charge in [0.15, 0.2) is 0 Å². The van der Waals surface area contributed by atoms with E-state index in [4.69, 9.17) is 39.7 Å². The Kier molecular flexibility index (Phi) is 106. The molecule has 0 saturated heterocycles. The second-order valence-electron chi connectivity index (χ2n) is 35.9. The lowest BCUT2D eigenvalue weighted by Gasteiger charge is -2.22. The molecule has 0 bridgehead atoms. The summed E-state index contributed by atoms with van der Waals surface area (Å²) in [5, 5.41) is 120. The number of aliphatic hydroxyl groups is 7. The van der Waals surface area contributed by atoms with E-state index in [1.807, 2.05) is 158 Å². The molecule has 1 aliphatic rings. The highest BCUT2D eigenvalue weighted by Crippen LogP contribution is 2.25. The highest BCUT2D eigenvalue weighted by atomic mass is 33.1. The molecule has 0 spiro atoms. The van der Waals surface area contributed by atoms with Crippen molar-refractivity contribution in [2.45, 2.75) is 400 Å². The lowest BCUT2D eigenvalue weighted by atomic mass is 9.99. The molecular weight excluding hydrogens is 2020 g/mol. The maximum atomic E-state index is 12.6. The van der Waals surface area contributed by atoms with Crippen molar-refractivity contribution in [2.75, 3.05) is 68.9 Å². The number of carboxylic acid groups (broad SMARTS) is 4. The normalized spacial score (nSPS) is 16.9. The molecule has 149 heavy (non-hydrogen) atoms. The minimum absolute atomic E-state index is 0.0147. The molecule has 0 radical (unpaired) electrons. The number of carbonyl (C=O) groups excluding carboxylic acids is 11. The number of aliphatic carboxylic acids is 4. The first-order valence-corrected chi connectivity index (χ1v) is 58.3. The minimum atomic E-state index is -1.04. The van der Waals surface area contributed by atoms with Crippen LogP contribution in [-0.2, 0) is 90.9 Å². The molecule has 1 aliphatic heterocycles. The van der Waals surface area contributed by atoms with Gasteiger partial charge in [-0.2, -0.15) is 35.3 Å². The zero-order valence-electron chi connectivity index (χ0n) is 92.7. The molecule has 0 fully saturated rings. The molecule has 0 aromatic carbocycles. The second kappa shape index (κ2) is 103. The van der Waals surface area contributed by atoms with Gasteiger partial charge in [0.25, 0.3) is 0 Å². The Balaban J connectivity index is -0.000000312. The number of allylic oxidation sites excluding steroid dienone is 9. The van der Waals surface area contributed by atoms with Gasteiger partial charge >= 0.3 is 47.8 Å². The summed E-state index contributed by atoms with van der Waals surface area (Å²) >= 11 is 4.73. The van der Waals surface area contributed by atoms with E-state index in [9.17, 15) is 103 Å². The van der Waals surface area contributed by atoms with Gasteiger partial charge in [-0.1, -0.05) is 279 Å². The third kappa shape index (κ3) is 98.6. The number of carbonyl (C=O) groups is 15. The topological polar surface area (TPSA) is 600 Å². The average molecular weight is 2210 g/mol. The molecule has 42 heteroatoms. The summed E-state index contributed by atoms with van der Waals surface area (Å²) in [5.74, 6) is -4.93. The van der Waals surface area contributed by atoms with Crippen molar-refractivity contribution in [1.82, 2.24) is 37.2 Å². The summed E-state index contributed by atoms with van der Waals surface area (Å²) in [7, 11) is 7.09. The summed E-state index contributed by atoms with van der Waals surface area (Å²) in [4.78, 5) is 173. The third-order valence-electron chi connectivity index (χ3n) is 20.5. The largest absolute Gasteiger partial charge is 0.481 e. The van der Waals surface area contributed by atoms with Gasteiger partial charge in [0.05, 0.1) is 109 Å². The number of hydrogen-bond donors (Lipinski definition) is 18. The zero-order valence-corrected chi connectivity index (χ0v) is 96.8. The zero-order chi connectivity index (χ0) is 115. The number of esters is 4. The number of rotatable bonds is 62. The van der Waals surface area contributed by atoms with Gasteiger partial charge in [0.2, 0.25) is 41.4 Å². The summed E-state index contributed by atoms with van der Waals surface area (Å²) in [6.07, 6.45) is 46.6. The van der Waals surface area contributed by atoms with E-state index in [0.717, 1.165) is 133 Å². The van der Waals surface area contributed by atoms with Crippen molar-refractivity contribution in [3.8, 4) is 0 Å². The number of ether oxygens (including phenoxy) is 4. The first-order chi connectivity index (χ1) is 70.4.